The van der Waals surface area contributed by atoms with E-state index in [-0.39, 0.29) is 6.03 Å². The second-order valence-corrected chi connectivity index (χ2v) is 7.95. The van der Waals surface area contributed by atoms with Gasteiger partial charge in [-0.05, 0) is 29.7 Å². The van der Waals surface area contributed by atoms with E-state index in [2.05, 4.69) is 6.92 Å². The molecule has 0 fully saturated rings. The number of hydrogen-bond donors (Lipinski definition) is 1. The van der Waals surface area contributed by atoms with Crippen LogP contribution in [0.1, 0.15) is 30.9 Å². The number of carbonyl (C=O) groups is 1. The van der Waals surface area contributed by atoms with Gasteiger partial charge >= 0.3 is 6.03 Å². The number of methoxy groups -OCH3 is 2. The first-order valence-electron chi connectivity index (χ1n) is 11.2. The van der Waals surface area contributed by atoms with Crippen LogP contribution in [0, 0.1) is 0 Å². The topological polar surface area (TPSA) is 68.0 Å². The number of unbranched alkanes of at least 4 members (excludes halogenated alkanes) is 1. The summed E-state index contributed by atoms with van der Waals surface area (Å²) in [7, 11) is 3.21. The van der Waals surface area contributed by atoms with Crippen LogP contribution >= 0.6 is 0 Å². The third-order valence-electron chi connectivity index (χ3n) is 5.44. The molecule has 0 unspecified atom stereocenters. The molecule has 3 aromatic carbocycles. The van der Waals surface area contributed by atoms with Crippen molar-refractivity contribution in [1.29, 1.82) is 0 Å². The summed E-state index contributed by atoms with van der Waals surface area (Å²) in [6.45, 7) is 3.70. The second kappa shape index (κ2) is 11.8. The van der Waals surface area contributed by atoms with Gasteiger partial charge in [-0.15, -0.1) is 0 Å². The first-order valence-corrected chi connectivity index (χ1v) is 11.2. The molecule has 0 atom stereocenters. The number of ether oxygens (including phenoxy) is 2. The minimum atomic E-state index is -0.0787. The first kappa shape index (κ1) is 24.0. The van der Waals surface area contributed by atoms with Crippen LogP contribution < -0.4 is 20.1 Å². The number of nitrogens with two attached hydrogens (primary N) is 1. The van der Waals surface area contributed by atoms with Gasteiger partial charge in [0, 0.05) is 37.0 Å². The van der Waals surface area contributed by atoms with Crippen LogP contribution in [0.25, 0.3) is 0 Å². The summed E-state index contributed by atoms with van der Waals surface area (Å²) in [6.07, 6.45) is 1.92. The minimum Gasteiger partial charge on any atom is -0.497 e. The lowest BCUT2D eigenvalue weighted by molar-refractivity contribution is 0.200. The molecule has 0 heterocycles. The van der Waals surface area contributed by atoms with Gasteiger partial charge in [0.1, 0.15) is 11.5 Å². The van der Waals surface area contributed by atoms with Crippen LogP contribution in [0.2, 0.25) is 0 Å². The molecule has 0 saturated heterocycles. The molecule has 33 heavy (non-hydrogen) atoms. The first-order chi connectivity index (χ1) is 16.0. The van der Waals surface area contributed by atoms with Gasteiger partial charge in [0.25, 0.3) is 0 Å². The fourth-order valence-electron chi connectivity index (χ4n) is 3.66. The van der Waals surface area contributed by atoms with Crippen molar-refractivity contribution in [2.45, 2.75) is 32.9 Å². The molecule has 3 aromatic rings. The van der Waals surface area contributed by atoms with Crippen molar-refractivity contribution in [3.05, 3.63) is 83.9 Å². The van der Waals surface area contributed by atoms with Gasteiger partial charge in [0.05, 0.1) is 26.5 Å². The third-order valence-corrected chi connectivity index (χ3v) is 5.44. The predicted molar refractivity (Wildman–Crippen MR) is 134 cm³/mol. The standard InChI is InChI=1S/C27H33N3O3/c1-4-5-14-29(19-21-10-7-6-8-11-21)27(31)30(20-22-12-9-13-23(28)15-22)24-16-25(32-2)18-26(17-24)33-3/h6-13,15-18H,4-5,14,19-20,28H2,1-3H3. The highest BCUT2D eigenvalue weighted by atomic mass is 16.5. The van der Waals surface area contributed by atoms with Gasteiger partial charge < -0.3 is 20.1 Å². The molecule has 0 aliphatic carbocycles. The molecule has 3 rings (SSSR count). The second-order valence-electron chi connectivity index (χ2n) is 7.95. The summed E-state index contributed by atoms with van der Waals surface area (Å²) in [5, 5.41) is 0. The number of hydrogen-bond acceptors (Lipinski definition) is 4. The molecular weight excluding hydrogens is 414 g/mol. The van der Waals surface area contributed by atoms with Gasteiger partial charge in [-0.1, -0.05) is 55.8 Å². The average Bonchev–Trinajstić information content (AvgIpc) is 2.85. The lowest BCUT2D eigenvalue weighted by Gasteiger charge is -2.31. The van der Waals surface area contributed by atoms with E-state index in [1.807, 2.05) is 71.6 Å². The summed E-state index contributed by atoms with van der Waals surface area (Å²) in [5.74, 6) is 1.25. The number of amides is 2. The Bertz CT molecular complexity index is 1020. The number of nitrogen functional groups attached to an aromatic ring is 1. The molecule has 0 saturated carbocycles. The normalized spacial score (nSPS) is 10.5. The van der Waals surface area contributed by atoms with Gasteiger partial charge in [0.15, 0.2) is 0 Å². The van der Waals surface area contributed by atoms with E-state index in [1.54, 1.807) is 25.2 Å². The van der Waals surface area contributed by atoms with E-state index in [1.165, 1.54) is 0 Å². The Labute approximate surface area is 196 Å². The Morgan fingerprint density at radius 1 is 0.848 bits per heavy atom. The fourth-order valence-corrected chi connectivity index (χ4v) is 3.66. The van der Waals surface area contributed by atoms with E-state index >= 15 is 0 Å². The quantitative estimate of drug-likeness (QED) is 0.404. The summed E-state index contributed by atoms with van der Waals surface area (Å²) < 4.78 is 10.9. The largest absolute Gasteiger partial charge is 0.497 e. The highest BCUT2D eigenvalue weighted by Crippen LogP contribution is 2.30. The molecule has 0 aromatic heterocycles. The van der Waals surface area contributed by atoms with E-state index in [4.69, 9.17) is 15.2 Å². The number of nitrogens with zero attached hydrogens (tertiary/aromatic N) is 2. The van der Waals surface area contributed by atoms with Crippen LogP contribution in [-0.4, -0.2) is 31.7 Å². The molecule has 174 valence electrons. The van der Waals surface area contributed by atoms with E-state index in [0.717, 1.165) is 24.0 Å². The molecule has 6 heteroatoms. The van der Waals surface area contributed by atoms with E-state index < -0.39 is 0 Å². The Morgan fingerprint density at radius 2 is 1.52 bits per heavy atom. The van der Waals surface area contributed by atoms with Gasteiger partial charge in [-0.3, -0.25) is 4.90 Å². The van der Waals surface area contributed by atoms with Crippen molar-refractivity contribution < 1.29 is 14.3 Å². The van der Waals surface area contributed by atoms with Crippen LogP contribution in [0.5, 0.6) is 11.5 Å². The van der Waals surface area contributed by atoms with Crippen molar-refractivity contribution in [2.24, 2.45) is 0 Å². The van der Waals surface area contributed by atoms with Crippen LogP contribution in [0.3, 0.4) is 0 Å². The number of rotatable bonds is 10. The number of carbonyl (C=O) groups excluding carboxylic acids is 1. The average molecular weight is 448 g/mol. The summed E-state index contributed by atoms with van der Waals surface area (Å²) in [4.78, 5) is 17.6. The summed E-state index contributed by atoms with van der Waals surface area (Å²) in [5.41, 5.74) is 9.41. The zero-order chi connectivity index (χ0) is 23.6. The lowest BCUT2D eigenvalue weighted by atomic mass is 10.1. The molecule has 2 N–H and O–H groups in total. The Hall–Kier alpha value is -3.67. The van der Waals surface area contributed by atoms with E-state index in [0.29, 0.717) is 42.5 Å². The maximum Gasteiger partial charge on any atom is 0.325 e. The molecular formula is C27H33N3O3. The van der Waals surface area contributed by atoms with Crippen molar-refractivity contribution in [3.63, 3.8) is 0 Å². The van der Waals surface area contributed by atoms with Gasteiger partial charge in [-0.2, -0.15) is 0 Å². The van der Waals surface area contributed by atoms with Crippen molar-refractivity contribution in [2.75, 3.05) is 31.4 Å². The third kappa shape index (κ3) is 6.65. The minimum absolute atomic E-state index is 0.0787. The zero-order valence-electron chi connectivity index (χ0n) is 19.7. The monoisotopic (exact) mass is 447 g/mol. The SMILES string of the molecule is CCCCN(Cc1ccccc1)C(=O)N(Cc1cccc(N)c1)c1cc(OC)cc(OC)c1. The highest BCUT2D eigenvalue weighted by molar-refractivity contribution is 5.92. The molecule has 0 aliphatic heterocycles. The maximum absolute atomic E-state index is 14.0. The molecule has 0 spiro atoms. The van der Waals surface area contributed by atoms with Gasteiger partial charge in [0.2, 0.25) is 0 Å². The van der Waals surface area contributed by atoms with Crippen molar-refractivity contribution in [3.8, 4) is 11.5 Å². The van der Waals surface area contributed by atoms with Crippen LogP contribution in [-0.2, 0) is 13.1 Å². The molecule has 2 amide bonds. The van der Waals surface area contributed by atoms with Crippen molar-refractivity contribution >= 4 is 17.4 Å². The zero-order valence-corrected chi connectivity index (χ0v) is 19.7. The number of anilines is 2. The van der Waals surface area contributed by atoms with Crippen LogP contribution in [0.4, 0.5) is 16.2 Å². The predicted octanol–water partition coefficient (Wildman–Crippen LogP) is 5.71. The Balaban J connectivity index is 2.01. The van der Waals surface area contributed by atoms with Gasteiger partial charge in [-0.25, -0.2) is 4.79 Å². The fraction of sp³-hybridized carbons (Fsp3) is 0.296. The van der Waals surface area contributed by atoms with Crippen LogP contribution in [0.15, 0.2) is 72.8 Å². The van der Waals surface area contributed by atoms with Crippen molar-refractivity contribution in [1.82, 2.24) is 4.90 Å². The molecule has 0 bridgehead atoms. The molecule has 6 nitrogen and oxygen atoms in total. The lowest BCUT2D eigenvalue weighted by Crippen LogP contribution is -2.43. The Kier molecular flexibility index (Phi) is 8.58. The molecule has 0 radical (unpaired) electrons. The Morgan fingerprint density at radius 3 is 2.12 bits per heavy atom. The smallest absolute Gasteiger partial charge is 0.325 e. The number of benzene rings is 3. The number of urea groups is 1. The molecule has 0 aliphatic rings. The highest BCUT2D eigenvalue weighted by Gasteiger charge is 2.24. The maximum atomic E-state index is 14.0. The summed E-state index contributed by atoms with van der Waals surface area (Å²) >= 11 is 0. The van der Waals surface area contributed by atoms with E-state index in [9.17, 15) is 4.79 Å². The summed E-state index contributed by atoms with van der Waals surface area (Å²) in [6, 6.07) is 23.1.